The Morgan fingerprint density at radius 1 is 1.36 bits per heavy atom. The van der Waals surface area contributed by atoms with Crippen molar-refractivity contribution in [3.8, 4) is 0 Å². The minimum absolute atomic E-state index is 0.430. The van der Waals surface area contributed by atoms with Gasteiger partial charge in [-0.2, -0.15) is 0 Å². The zero-order valence-corrected chi connectivity index (χ0v) is 5.74. The summed E-state index contributed by atoms with van der Waals surface area (Å²) in [6, 6.07) is 10.3. The molecule has 0 saturated heterocycles. The second-order valence-electron chi connectivity index (χ2n) is 1.89. The van der Waals surface area contributed by atoms with E-state index in [0.29, 0.717) is 5.56 Å². The van der Waals surface area contributed by atoms with Crippen molar-refractivity contribution in [2.75, 3.05) is 0 Å². The SMILES string of the molecule is N=C=NC(=O)c1ccccc1. The fraction of sp³-hybridized carbons (Fsp3) is 0. The Balaban J connectivity index is 2.94. The monoisotopic (exact) mass is 146 g/mol. The van der Waals surface area contributed by atoms with Crippen molar-refractivity contribution in [1.29, 1.82) is 5.41 Å². The Kier molecular flexibility index (Phi) is 2.31. The van der Waals surface area contributed by atoms with Gasteiger partial charge in [0, 0.05) is 5.56 Å². The first-order valence-corrected chi connectivity index (χ1v) is 3.06. The van der Waals surface area contributed by atoms with Gasteiger partial charge in [-0.15, -0.1) is 4.99 Å². The van der Waals surface area contributed by atoms with Gasteiger partial charge >= 0.3 is 0 Å². The minimum Gasteiger partial charge on any atom is -0.266 e. The third-order valence-corrected chi connectivity index (χ3v) is 1.18. The van der Waals surface area contributed by atoms with Crippen molar-refractivity contribution in [2.24, 2.45) is 4.99 Å². The molecule has 1 rings (SSSR count). The molecule has 0 spiro atoms. The first kappa shape index (κ1) is 7.38. The number of nitrogens with one attached hydrogen (secondary N) is 1. The highest BCUT2D eigenvalue weighted by molar-refractivity contribution is 5.97. The van der Waals surface area contributed by atoms with E-state index in [1.807, 2.05) is 6.07 Å². The van der Waals surface area contributed by atoms with E-state index in [9.17, 15) is 4.79 Å². The molecule has 1 aromatic rings. The molecule has 1 aromatic carbocycles. The molecule has 0 heterocycles. The van der Waals surface area contributed by atoms with Gasteiger partial charge in [0.2, 0.25) is 0 Å². The standard InChI is InChI=1S/C8H6N2O/c9-6-10-8(11)7-4-2-1-3-5-7/h1-5,9H. The maximum Gasteiger partial charge on any atom is 0.286 e. The summed E-state index contributed by atoms with van der Waals surface area (Å²) in [5.74, 6) is -0.430. The Morgan fingerprint density at radius 2 is 2.00 bits per heavy atom. The van der Waals surface area contributed by atoms with Gasteiger partial charge in [0.25, 0.3) is 5.91 Å². The van der Waals surface area contributed by atoms with Crippen LogP contribution in [0.4, 0.5) is 0 Å². The van der Waals surface area contributed by atoms with E-state index < -0.39 is 5.91 Å². The van der Waals surface area contributed by atoms with Crippen LogP contribution in [0.25, 0.3) is 0 Å². The quantitative estimate of drug-likeness (QED) is 0.601. The average Bonchev–Trinajstić information content (AvgIpc) is 2.07. The van der Waals surface area contributed by atoms with Gasteiger partial charge in [-0.1, -0.05) is 18.2 Å². The molecule has 0 aliphatic rings. The lowest BCUT2D eigenvalue weighted by molar-refractivity contribution is 0.100. The van der Waals surface area contributed by atoms with Crippen LogP contribution in [0.3, 0.4) is 0 Å². The second-order valence-corrected chi connectivity index (χ2v) is 1.89. The Labute approximate surface area is 63.9 Å². The molecule has 0 bridgehead atoms. The topological polar surface area (TPSA) is 53.3 Å². The lowest BCUT2D eigenvalue weighted by Crippen LogP contribution is -1.92. The van der Waals surface area contributed by atoms with E-state index in [-0.39, 0.29) is 0 Å². The molecule has 0 saturated carbocycles. The molecule has 54 valence electrons. The van der Waals surface area contributed by atoms with Crippen LogP contribution in [-0.2, 0) is 0 Å². The van der Waals surface area contributed by atoms with Crippen LogP contribution < -0.4 is 0 Å². The average molecular weight is 146 g/mol. The minimum atomic E-state index is -0.430. The van der Waals surface area contributed by atoms with Crippen LogP contribution in [0.2, 0.25) is 0 Å². The molecule has 3 nitrogen and oxygen atoms in total. The molecule has 0 aliphatic heterocycles. The highest BCUT2D eigenvalue weighted by Crippen LogP contribution is 1.99. The van der Waals surface area contributed by atoms with E-state index in [2.05, 4.69) is 4.99 Å². The summed E-state index contributed by atoms with van der Waals surface area (Å²) in [4.78, 5) is 14.1. The summed E-state index contributed by atoms with van der Waals surface area (Å²) < 4.78 is 0. The van der Waals surface area contributed by atoms with Crippen LogP contribution in [-0.4, -0.2) is 11.9 Å². The van der Waals surface area contributed by atoms with Gasteiger partial charge in [-0.05, 0) is 12.1 Å². The van der Waals surface area contributed by atoms with Gasteiger partial charge < -0.3 is 0 Å². The van der Waals surface area contributed by atoms with Crippen LogP contribution in [0.1, 0.15) is 10.4 Å². The Hall–Kier alpha value is -1.73. The van der Waals surface area contributed by atoms with Crippen LogP contribution in [0.15, 0.2) is 35.3 Å². The summed E-state index contributed by atoms with van der Waals surface area (Å²) in [6.07, 6.45) is 0. The van der Waals surface area contributed by atoms with E-state index in [0.717, 1.165) is 0 Å². The van der Waals surface area contributed by atoms with Gasteiger partial charge in [-0.25, -0.2) is 5.41 Å². The first-order valence-electron chi connectivity index (χ1n) is 3.06. The number of aliphatic imine (C=N–C) groups is 1. The van der Waals surface area contributed by atoms with Crippen LogP contribution in [0.5, 0.6) is 0 Å². The zero-order chi connectivity index (χ0) is 8.10. The lowest BCUT2D eigenvalue weighted by atomic mass is 10.2. The number of hydrogen-bond donors (Lipinski definition) is 1. The lowest BCUT2D eigenvalue weighted by Gasteiger charge is -1.89. The Morgan fingerprint density at radius 3 is 2.55 bits per heavy atom. The fourth-order valence-corrected chi connectivity index (χ4v) is 0.696. The maximum atomic E-state index is 10.9. The highest BCUT2D eigenvalue weighted by Gasteiger charge is 1.99. The number of carbonyl (C=O) groups excluding carboxylic acids is 1. The molecule has 0 atom stereocenters. The van der Waals surface area contributed by atoms with Crippen molar-refractivity contribution in [3.05, 3.63) is 35.9 Å². The van der Waals surface area contributed by atoms with E-state index in [1.165, 1.54) is 0 Å². The third-order valence-electron chi connectivity index (χ3n) is 1.18. The van der Waals surface area contributed by atoms with Crippen molar-refractivity contribution < 1.29 is 4.79 Å². The molecular weight excluding hydrogens is 140 g/mol. The van der Waals surface area contributed by atoms with E-state index in [4.69, 9.17) is 5.41 Å². The largest absolute Gasteiger partial charge is 0.286 e. The normalized spacial score (nSPS) is 8.36. The van der Waals surface area contributed by atoms with Gasteiger partial charge in [0.15, 0.2) is 0 Å². The van der Waals surface area contributed by atoms with Crippen LogP contribution >= 0.6 is 0 Å². The molecule has 11 heavy (non-hydrogen) atoms. The van der Waals surface area contributed by atoms with Crippen LogP contribution in [0, 0.1) is 5.41 Å². The smallest absolute Gasteiger partial charge is 0.266 e. The molecule has 0 radical (unpaired) electrons. The highest BCUT2D eigenvalue weighted by atomic mass is 16.1. The molecule has 0 aliphatic carbocycles. The molecule has 1 amide bonds. The number of rotatable bonds is 1. The zero-order valence-electron chi connectivity index (χ0n) is 5.74. The second kappa shape index (κ2) is 3.44. The number of benzene rings is 1. The number of carbonyl (C=O) groups is 1. The first-order chi connectivity index (χ1) is 5.34. The van der Waals surface area contributed by atoms with E-state index >= 15 is 0 Å². The molecule has 3 heteroatoms. The number of amides is 1. The van der Waals surface area contributed by atoms with Crippen molar-refractivity contribution in [1.82, 2.24) is 0 Å². The molecule has 1 N–H and O–H groups in total. The molecule has 0 unspecified atom stereocenters. The number of hydrogen-bond acceptors (Lipinski definition) is 2. The summed E-state index contributed by atoms with van der Waals surface area (Å²) >= 11 is 0. The maximum absolute atomic E-state index is 10.9. The fourth-order valence-electron chi connectivity index (χ4n) is 0.696. The Bertz CT molecular complexity index is 299. The van der Waals surface area contributed by atoms with E-state index in [1.54, 1.807) is 30.3 Å². The third kappa shape index (κ3) is 1.85. The van der Waals surface area contributed by atoms with Gasteiger partial charge in [0.1, 0.15) is 0 Å². The molecule has 0 aromatic heterocycles. The predicted octanol–water partition coefficient (Wildman–Crippen LogP) is 1.58. The van der Waals surface area contributed by atoms with Crippen molar-refractivity contribution in [2.45, 2.75) is 0 Å². The molecular formula is C8H6N2O. The summed E-state index contributed by atoms with van der Waals surface area (Å²) in [5, 5.41) is 6.44. The number of nitrogens with zero attached hydrogens (tertiary/aromatic N) is 1. The van der Waals surface area contributed by atoms with Gasteiger partial charge in [-0.3, -0.25) is 4.79 Å². The predicted molar refractivity (Wildman–Crippen MR) is 40.9 cm³/mol. The van der Waals surface area contributed by atoms with Crippen molar-refractivity contribution in [3.63, 3.8) is 0 Å². The van der Waals surface area contributed by atoms with Gasteiger partial charge in [0.05, 0.1) is 6.01 Å². The summed E-state index contributed by atoms with van der Waals surface area (Å²) in [5.41, 5.74) is 0.479. The summed E-state index contributed by atoms with van der Waals surface area (Å²) in [6.45, 7) is 0. The summed E-state index contributed by atoms with van der Waals surface area (Å²) in [7, 11) is 0. The molecule has 0 fully saturated rings. The van der Waals surface area contributed by atoms with Crippen molar-refractivity contribution >= 4 is 11.9 Å².